The van der Waals surface area contributed by atoms with E-state index in [-0.39, 0.29) is 17.2 Å². The highest BCUT2D eigenvalue weighted by Crippen LogP contribution is 2.33. The number of carbonyl (C=O) groups is 2. The lowest BCUT2D eigenvalue weighted by atomic mass is 9.93. The number of halogens is 4. The number of hydrogen-bond donors (Lipinski definition) is 0. The van der Waals surface area contributed by atoms with E-state index in [0.717, 1.165) is 12.1 Å². The van der Waals surface area contributed by atoms with Gasteiger partial charge in [0.2, 0.25) is 0 Å². The molecule has 0 saturated heterocycles. The number of carbonyl (C=O) groups excluding carboxylic acids is 2. The van der Waals surface area contributed by atoms with Crippen LogP contribution in [0.1, 0.15) is 50.0 Å². The fourth-order valence-electron chi connectivity index (χ4n) is 2.42. The second-order valence-electron chi connectivity index (χ2n) is 7.96. The molecule has 0 amide bonds. The lowest BCUT2D eigenvalue weighted by molar-refractivity contribution is -0.140. The third kappa shape index (κ3) is 5.74. The molecule has 0 aliphatic rings. The monoisotopic (exact) mass is 392 g/mol. The van der Waals surface area contributed by atoms with Crippen molar-refractivity contribution in [2.45, 2.75) is 59.5 Å². The molecule has 0 N–H and O–H groups in total. The van der Waals surface area contributed by atoms with Gasteiger partial charge in [-0.3, -0.25) is 4.79 Å². The van der Waals surface area contributed by atoms with Crippen molar-refractivity contribution in [1.29, 1.82) is 0 Å². The predicted molar refractivity (Wildman–Crippen MR) is 92.8 cm³/mol. The molecule has 0 bridgehead atoms. The number of alkyl halides is 3. The minimum Gasteiger partial charge on any atom is -0.400 e. The van der Waals surface area contributed by atoms with Crippen LogP contribution >= 0.6 is 0 Å². The summed E-state index contributed by atoms with van der Waals surface area (Å²) in [6.07, 6.45) is -5.87. The van der Waals surface area contributed by atoms with Crippen molar-refractivity contribution in [3.63, 3.8) is 0 Å². The van der Waals surface area contributed by atoms with Gasteiger partial charge in [-0.2, -0.15) is 13.2 Å². The lowest BCUT2D eigenvalue weighted by Crippen LogP contribution is -2.46. The van der Waals surface area contributed by atoms with Crippen molar-refractivity contribution >= 4 is 19.5 Å². The Bertz CT molecular complexity index is 691. The van der Waals surface area contributed by atoms with Gasteiger partial charge in [-0.05, 0) is 37.6 Å². The molecule has 1 aromatic carbocycles. The quantitative estimate of drug-likeness (QED) is 0.381. The Labute approximate surface area is 151 Å². The van der Waals surface area contributed by atoms with Crippen LogP contribution in [0.2, 0.25) is 13.1 Å². The van der Waals surface area contributed by atoms with Gasteiger partial charge in [-0.25, -0.2) is 4.39 Å². The summed E-state index contributed by atoms with van der Waals surface area (Å²) in [6, 6.07) is 2.53. The minimum atomic E-state index is -4.90. The molecular weight excluding hydrogens is 368 g/mol. The average Bonchev–Trinajstić information content (AvgIpc) is 2.43. The van der Waals surface area contributed by atoms with E-state index in [0.29, 0.717) is 6.07 Å². The highest BCUT2D eigenvalue weighted by Gasteiger charge is 2.39. The van der Waals surface area contributed by atoms with Crippen LogP contribution in [0.25, 0.3) is 0 Å². The van der Waals surface area contributed by atoms with Crippen molar-refractivity contribution in [3.8, 4) is 0 Å². The molecule has 0 aliphatic heterocycles. The van der Waals surface area contributed by atoms with Crippen molar-refractivity contribution < 1.29 is 31.6 Å². The first-order valence-corrected chi connectivity index (χ1v) is 11.1. The number of rotatable bonds is 6. The fraction of sp³-hybridized carbons (Fsp3) is 0.556. The van der Waals surface area contributed by atoms with Crippen LogP contribution in [0.4, 0.5) is 17.6 Å². The number of ketones is 1. The minimum absolute atomic E-state index is 0.117. The summed E-state index contributed by atoms with van der Waals surface area (Å²) < 4.78 is 58.2. The molecule has 1 aromatic rings. The molecule has 1 unspecified atom stereocenters. The molecule has 26 heavy (non-hydrogen) atoms. The molecule has 1 atom stereocenters. The fourth-order valence-corrected chi connectivity index (χ4v) is 4.49. The van der Waals surface area contributed by atoms with Crippen LogP contribution in [-0.4, -0.2) is 25.6 Å². The van der Waals surface area contributed by atoms with Gasteiger partial charge < -0.3 is 9.22 Å². The Hall–Kier alpha value is -1.54. The van der Waals surface area contributed by atoms with E-state index in [1.807, 2.05) is 20.8 Å². The molecular formula is C18H24F4O3Si. The van der Waals surface area contributed by atoms with Gasteiger partial charge in [0.05, 0.1) is 11.1 Å². The zero-order valence-electron chi connectivity index (χ0n) is 15.8. The standard InChI is InChI=1S/C18H24F4O3Si/c1-11(25-26(5,6)14(23)10-17(2,3)4)16(24)12-8-7-9-13(15(12)19)18(20,21)22/h7-9,11H,10H2,1-6H3. The molecule has 0 spiro atoms. The molecule has 8 heteroatoms. The first-order chi connectivity index (χ1) is 11.6. The second kappa shape index (κ2) is 7.60. The van der Waals surface area contributed by atoms with Crippen molar-refractivity contribution in [3.05, 3.63) is 35.1 Å². The molecule has 0 heterocycles. The van der Waals surface area contributed by atoms with Gasteiger partial charge in [0.25, 0.3) is 8.32 Å². The van der Waals surface area contributed by atoms with Gasteiger partial charge in [-0.15, -0.1) is 0 Å². The number of Topliss-reactive ketones (excluding diaryl/α,β-unsaturated/α-hetero) is 1. The van der Waals surface area contributed by atoms with Gasteiger partial charge in [-0.1, -0.05) is 26.8 Å². The molecule has 0 radical (unpaired) electrons. The zero-order chi connectivity index (χ0) is 20.5. The second-order valence-corrected chi connectivity index (χ2v) is 11.8. The normalized spacial score (nSPS) is 14.2. The third-order valence-corrected chi connectivity index (χ3v) is 6.24. The van der Waals surface area contributed by atoms with E-state index < -0.39 is 43.3 Å². The van der Waals surface area contributed by atoms with Crippen molar-refractivity contribution in [2.75, 3.05) is 0 Å². The first kappa shape index (κ1) is 22.5. The largest absolute Gasteiger partial charge is 0.419 e. The maximum absolute atomic E-state index is 14.1. The average molecular weight is 392 g/mol. The van der Waals surface area contributed by atoms with Crippen LogP contribution in [0, 0.1) is 11.2 Å². The van der Waals surface area contributed by atoms with E-state index >= 15 is 0 Å². The smallest absolute Gasteiger partial charge is 0.400 e. The summed E-state index contributed by atoms with van der Waals surface area (Å²) in [6.45, 7) is 10.2. The maximum atomic E-state index is 14.1. The number of hydrogen-bond acceptors (Lipinski definition) is 3. The zero-order valence-corrected chi connectivity index (χ0v) is 16.8. The van der Waals surface area contributed by atoms with E-state index in [1.165, 1.54) is 6.92 Å². The highest BCUT2D eigenvalue weighted by atomic mass is 28.4. The topological polar surface area (TPSA) is 43.4 Å². The van der Waals surface area contributed by atoms with Crippen LogP contribution < -0.4 is 0 Å². The Kier molecular flexibility index (Phi) is 6.57. The predicted octanol–water partition coefficient (Wildman–Crippen LogP) is 5.18. The molecule has 0 aromatic heterocycles. The van der Waals surface area contributed by atoms with Crippen LogP contribution in [0.3, 0.4) is 0 Å². The molecule has 0 saturated carbocycles. The molecule has 0 aliphatic carbocycles. The Balaban J connectivity index is 3.03. The number of benzene rings is 1. The first-order valence-electron chi connectivity index (χ1n) is 8.17. The van der Waals surface area contributed by atoms with Crippen LogP contribution in [-0.2, 0) is 15.4 Å². The van der Waals surface area contributed by atoms with Crippen molar-refractivity contribution in [1.82, 2.24) is 0 Å². The summed E-state index contributed by atoms with van der Waals surface area (Å²) in [5, 5.41) is -0.117. The molecule has 146 valence electrons. The van der Waals surface area contributed by atoms with E-state index in [1.54, 1.807) is 13.1 Å². The van der Waals surface area contributed by atoms with E-state index in [9.17, 15) is 27.2 Å². The summed E-state index contributed by atoms with van der Waals surface area (Å²) in [5.41, 5.74) is -2.46. The SMILES string of the molecule is CC(O[Si](C)(C)C(=O)CC(C)(C)C)C(=O)c1cccc(C(F)(F)F)c1F. The summed E-state index contributed by atoms with van der Waals surface area (Å²) in [5.74, 6) is -2.54. The molecule has 3 nitrogen and oxygen atoms in total. The van der Waals surface area contributed by atoms with E-state index in [2.05, 4.69) is 0 Å². The molecule has 1 rings (SSSR count). The summed E-state index contributed by atoms with van der Waals surface area (Å²) >= 11 is 0. The molecule has 0 fully saturated rings. The summed E-state index contributed by atoms with van der Waals surface area (Å²) in [7, 11) is -2.95. The Morgan fingerprint density at radius 3 is 2.15 bits per heavy atom. The van der Waals surface area contributed by atoms with Gasteiger partial charge >= 0.3 is 6.18 Å². The lowest BCUT2D eigenvalue weighted by Gasteiger charge is -2.28. The van der Waals surface area contributed by atoms with Gasteiger partial charge in [0.1, 0.15) is 17.3 Å². The van der Waals surface area contributed by atoms with Gasteiger partial charge in [0.15, 0.2) is 5.78 Å². The summed E-state index contributed by atoms with van der Waals surface area (Å²) in [4.78, 5) is 24.8. The van der Waals surface area contributed by atoms with Crippen LogP contribution in [0.5, 0.6) is 0 Å². The third-order valence-electron chi connectivity index (χ3n) is 3.77. The Morgan fingerprint density at radius 1 is 1.15 bits per heavy atom. The van der Waals surface area contributed by atoms with Crippen LogP contribution in [0.15, 0.2) is 18.2 Å². The Morgan fingerprint density at radius 2 is 1.69 bits per heavy atom. The van der Waals surface area contributed by atoms with Gasteiger partial charge in [0, 0.05) is 6.42 Å². The highest BCUT2D eigenvalue weighted by molar-refractivity contribution is 6.99. The van der Waals surface area contributed by atoms with E-state index in [4.69, 9.17) is 4.43 Å². The van der Waals surface area contributed by atoms with Crippen molar-refractivity contribution in [2.24, 2.45) is 5.41 Å². The maximum Gasteiger partial charge on any atom is 0.419 e.